The van der Waals surface area contributed by atoms with Crippen molar-refractivity contribution in [3.63, 3.8) is 0 Å². The molecule has 0 saturated carbocycles. The van der Waals surface area contributed by atoms with Gasteiger partial charge in [0.2, 0.25) is 11.6 Å². The van der Waals surface area contributed by atoms with Gasteiger partial charge in [-0.2, -0.15) is 10.2 Å². The van der Waals surface area contributed by atoms with Crippen LogP contribution in [-0.4, -0.2) is 94.2 Å². The number of hydrogen-bond acceptors (Lipinski definition) is 22. The molecule has 30 heteroatoms. The van der Waals surface area contributed by atoms with Crippen molar-refractivity contribution in [1.82, 2.24) is 0 Å². The van der Waals surface area contributed by atoms with Crippen LogP contribution in [0.2, 0.25) is 0 Å². The minimum atomic E-state index is -5.46. The molecule has 5 N–H and O–H groups in total. The summed E-state index contributed by atoms with van der Waals surface area (Å²) in [5, 5.41) is 18.2. The summed E-state index contributed by atoms with van der Waals surface area (Å²) in [6.45, 7) is 0. The molecular formula is C34H23N5Na4O17S4. The molecule has 0 bridgehead atoms. The van der Waals surface area contributed by atoms with Gasteiger partial charge in [-0.05, 0) is 71.3 Å². The second-order valence-corrected chi connectivity index (χ2v) is 17.7. The van der Waals surface area contributed by atoms with Crippen molar-refractivity contribution in [2.45, 2.75) is 14.7 Å². The Hall–Kier alpha value is -2.52. The maximum absolute atomic E-state index is 13.4. The molecule has 0 heterocycles. The van der Waals surface area contributed by atoms with E-state index in [-0.39, 0.29) is 147 Å². The Morgan fingerprint density at radius 3 is 1.61 bits per heavy atom. The van der Waals surface area contributed by atoms with E-state index in [2.05, 4.69) is 21.1 Å². The standard InChI is InChI=1S/C34H27N5O17S4.4Na/c1-55-24-10-15(3-6-20(24)36-38-22-8-5-19-26(58(46,47)48)14-27(59(49,50)51)31(35)30(19)33(22)41)16-4-7-21(25(11-16)56-2)37-39-32-28(60(52,53)54)12-17-9-18(57(43,44)45)13-23(40)29(17)34(32)42;;;;/h3-14,36-37,40H,35H2,1-2H3,(H,43,44,45)(H,46,47,48)(H,49,50,51)(H,52,53,54);;;;/q;4*+1/p-4/b38-22-,39-32-;;;;. The Bertz CT molecular complexity index is 3200. The molecule has 64 heavy (non-hydrogen) atoms. The van der Waals surface area contributed by atoms with Gasteiger partial charge in [0.25, 0.3) is 0 Å². The van der Waals surface area contributed by atoms with E-state index in [1.54, 1.807) is 6.07 Å². The SMILES string of the molecule is COc1cc(-c2ccc(N/N=C3\C(=O)c4c(O)cc(S(=O)(=O)[O-])cc4C=C3S(=O)(=O)[O-])c(OC)c2)ccc1N/N=C1/C=Cc2c(S(=O)(=O)[O-])cc(S(=O)(=O)[O-])c(N)c2C1=O.[Na+].[Na+].[Na+].[Na+]. The first-order chi connectivity index (χ1) is 27.8. The molecule has 4 aromatic carbocycles. The topological polar surface area (TPSA) is 376 Å². The molecule has 0 spiro atoms. The zero-order valence-corrected chi connectivity index (χ0v) is 45.3. The van der Waals surface area contributed by atoms with E-state index in [1.165, 1.54) is 44.6 Å². The first-order valence-corrected chi connectivity index (χ1v) is 21.7. The summed E-state index contributed by atoms with van der Waals surface area (Å²) < 4.78 is 153. The van der Waals surface area contributed by atoms with Crippen LogP contribution in [0.25, 0.3) is 23.3 Å². The number of fused-ring (bicyclic) bond motifs is 2. The Morgan fingerprint density at radius 1 is 0.625 bits per heavy atom. The zero-order valence-electron chi connectivity index (χ0n) is 34.0. The van der Waals surface area contributed by atoms with Crippen LogP contribution >= 0.6 is 0 Å². The van der Waals surface area contributed by atoms with Gasteiger partial charge in [-0.1, -0.05) is 18.2 Å². The monoisotopic (exact) mass is 993 g/mol. The van der Waals surface area contributed by atoms with Gasteiger partial charge in [0.15, 0.2) is 0 Å². The van der Waals surface area contributed by atoms with Gasteiger partial charge in [-0.3, -0.25) is 20.4 Å². The van der Waals surface area contributed by atoms with E-state index >= 15 is 0 Å². The summed E-state index contributed by atoms with van der Waals surface area (Å²) in [5.74, 6) is -3.23. The van der Waals surface area contributed by atoms with E-state index in [0.717, 1.165) is 12.2 Å². The van der Waals surface area contributed by atoms with E-state index in [9.17, 15) is 66.6 Å². The molecule has 22 nitrogen and oxygen atoms in total. The van der Waals surface area contributed by atoms with Gasteiger partial charge >= 0.3 is 118 Å². The smallest absolute Gasteiger partial charge is 0.744 e. The fraction of sp³-hybridized carbons (Fsp3) is 0.0588. The minimum absolute atomic E-state index is 0. The van der Waals surface area contributed by atoms with Crippen LogP contribution in [0.3, 0.4) is 0 Å². The first kappa shape index (κ1) is 57.6. The Morgan fingerprint density at radius 2 is 1.14 bits per heavy atom. The number of Topliss-reactive ketones (excluding diaryl/α,β-unsaturated/α-hetero) is 2. The summed E-state index contributed by atoms with van der Waals surface area (Å²) >= 11 is 0. The summed E-state index contributed by atoms with van der Waals surface area (Å²) in [5.41, 5.74) is 7.18. The molecule has 2 aliphatic carbocycles. The summed E-state index contributed by atoms with van der Waals surface area (Å²) in [6, 6.07) is 10.3. The van der Waals surface area contributed by atoms with Crippen LogP contribution in [0, 0.1) is 0 Å². The molecule has 0 unspecified atom stereocenters. The van der Waals surface area contributed by atoms with E-state index in [0.29, 0.717) is 29.3 Å². The number of phenolic OH excluding ortho intramolecular Hbond substituents is 1. The number of methoxy groups -OCH3 is 2. The number of rotatable bonds is 11. The number of nitrogens with zero attached hydrogens (tertiary/aromatic N) is 2. The predicted molar refractivity (Wildman–Crippen MR) is 205 cm³/mol. The number of anilines is 3. The number of phenols is 1. The van der Waals surface area contributed by atoms with Gasteiger partial charge in [0, 0.05) is 5.56 Å². The maximum atomic E-state index is 13.4. The summed E-state index contributed by atoms with van der Waals surface area (Å²) in [7, 11) is -18.9. The number of hydrazone groups is 2. The van der Waals surface area contributed by atoms with Crippen LogP contribution in [0.15, 0.2) is 90.5 Å². The van der Waals surface area contributed by atoms with Crippen molar-refractivity contribution < 1.29 is 194 Å². The van der Waals surface area contributed by atoms with Crippen LogP contribution in [0.1, 0.15) is 31.8 Å². The second-order valence-electron chi connectivity index (χ2n) is 12.3. The molecule has 0 amide bonds. The fourth-order valence-electron chi connectivity index (χ4n) is 5.97. The summed E-state index contributed by atoms with van der Waals surface area (Å²) in [4.78, 5) is 22.1. The van der Waals surface area contributed by atoms with Gasteiger partial charge < -0.3 is 38.5 Å². The number of nitrogens with one attached hydrogen (secondary N) is 2. The molecule has 0 atom stereocenters. The number of hydrogen-bond donors (Lipinski definition) is 4. The van der Waals surface area contributed by atoms with Crippen molar-refractivity contribution in [3.05, 3.63) is 87.8 Å². The van der Waals surface area contributed by atoms with Gasteiger partial charge in [0.05, 0.1) is 62.0 Å². The number of allylic oxidation sites excluding steroid dienone is 2. The molecule has 0 saturated heterocycles. The average Bonchev–Trinajstić information content (AvgIpc) is 3.15. The molecule has 4 aromatic rings. The third kappa shape index (κ3) is 11.9. The van der Waals surface area contributed by atoms with Gasteiger partial charge in [0.1, 0.15) is 69.1 Å². The molecular weight excluding hydrogens is 971 g/mol. The minimum Gasteiger partial charge on any atom is -0.744 e. The third-order valence-corrected chi connectivity index (χ3v) is 12.1. The number of aromatic hydroxyl groups is 1. The molecule has 0 aromatic heterocycles. The molecule has 0 radical (unpaired) electrons. The Balaban J connectivity index is 0.00000352. The van der Waals surface area contributed by atoms with Crippen molar-refractivity contribution in [1.29, 1.82) is 0 Å². The van der Waals surface area contributed by atoms with Crippen molar-refractivity contribution in [3.8, 4) is 28.4 Å². The summed E-state index contributed by atoms with van der Waals surface area (Å²) in [6.07, 6.45) is 2.60. The van der Waals surface area contributed by atoms with Crippen LogP contribution in [-0.2, 0) is 40.5 Å². The largest absolute Gasteiger partial charge is 1.00 e. The fourth-order valence-corrected chi connectivity index (χ4v) is 8.55. The van der Waals surface area contributed by atoms with Crippen molar-refractivity contribution in [2.75, 3.05) is 30.8 Å². The van der Waals surface area contributed by atoms with Crippen LogP contribution < -0.4 is 144 Å². The maximum Gasteiger partial charge on any atom is 1.00 e. The van der Waals surface area contributed by atoms with Gasteiger partial charge in [-0.25, -0.2) is 33.7 Å². The van der Waals surface area contributed by atoms with E-state index in [4.69, 9.17) is 15.2 Å². The third-order valence-electron chi connectivity index (χ3n) is 8.70. The zero-order chi connectivity index (χ0) is 44.3. The second kappa shape index (κ2) is 21.6. The number of ether oxygens (including phenoxy) is 2. The molecule has 314 valence electrons. The number of carbonyl (C=O) groups excluding carboxylic acids is 2. The Kier molecular flexibility index (Phi) is 19.5. The number of ketones is 2. The normalized spacial score (nSPS) is 14.7. The average molecular weight is 994 g/mol. The predicted octanol–water partition coefficient (Wildman–Crippen LogP) is -10.4. The van der Waals surface area contributed by atoms with E-state index in [1.807, 2.05) is 0 Å². The van der Waals surface area contributed by atoms with Crippen LogP contribution in [0.5, 0.6) is 17.2 Å². The van der Waals surface area contributed by atoms with Gasteiger partial charge in [-0.15, -0.1) is 0 Å². The number of benzene rings is 4. The molecule has 0 fully saturated rings. The molecule has 2 aliphatic rings. The Labute approximate surface area is 453 Å². The first-order valence-electron chi connectivity index (χ1n) is 16.1. The van der Waals surface area contributed by atoms with E-state index < -0.39 is 117 Å². The van der Waals surface area contributed by atoms with Crippen molar-refractivity contribution >= 4 is 92.7 Å². The molecule has 6 rings (SSSR count). The number of carbonyl (C=O) groups is 2. The molecule has 0 aliphatic heterocycles. The van der Waals surface area contributed by atoms with Crippen LogP contribution in [0.4, 0.5) is 17.1 Å². The number of nitrogen functional groups attached to an aromatic ring is 1. The quantitative estimate of drug-likeness (QED) is 0.0469. The van der Waals surface area contributed by atoms with Crippen molar-refractivity contribution in [2.24, 2.45) is 10.2 Å². The number of nitrogens with two attached hydrogens (primary N) is 1.